The zero-order chi connectivity index (χ0) is 12.8. The third-order valence-electron chi connectivity index (χ3n) is 3.82. The molecule has 100 valence electrons. The predicted octanol–water partition coefficient (Wildman–Crippen LogP) is 2.27. The fourth-order valence-corrected chi connectivity index (χ4v) is 2.40. The molecule has 0 bridgehead atoms. The summed E-state index contributed by atoms with van der Waals surface area (Å²) < 4.78 is 0. The summed E-state index contributed by atoms with van der Waals surface area (Å²) in [5, 5.41) is 3.17. The highest BCUT2D eigenvalue weighted by atomic mass is 16.1. The first-order valence-corrected chi connectivity index (χ1v) is 7.01. The van der Waals surface area contributed by atoms with E-state index < -0.39 is 0 Å². The Bertz CT molecular complexity index is 232. The molecule has 3 nitrogen and oxygen atoms in total. The number of amides is 1. The maximum atomic E-state index is 11.7. The largest absolute Gasteiger partial charge is 0.353 e. The van der Waals surface area contributed by atoms with Crippen molar-refractivity contribution in [3.05, 3.63) is 0 Å². The molecular weight excluding hydrogens is 212 g/mol. The molecule has 1 fully saturated rings. The van der Waals surface area contributed by atoms with Crippen LogP contribution in [0, 0.1) is 11.8 Å². The van der Waals surface area contributed by atoms with E-state index in [9.17, 15) is 4.79 Å². The molecule has 17 heavy (non-hydrogen) atoms. The summed E-state index contributed by atoms with van der Waals surface area (Å²) in [6.45, 7) is 8.49. The highest BCUT2D eigenvalue weighted by Gasteiger charge is 2.21. The van der Waals surface area contributed by atoms with Gasteiger partial charge in [0.05, 0.1) is 0 Å². The molecule has 0 aromatic heterocycles. The molecule has 1 amide bonds. The SMILES string of the molecule is CC[C@@H](CC1CCN(C)CC1)NC(=O)C(C)C. The topological polar surface area (TPSA) is 32.3 Å². The van der Waals surface area contributed by atoms with Crippen LogP contribution in [0.15, 0.2) is 0 Å². The maximum Gasteiger partial charge on any atom is 0.222 e. The lowest BCUT2D eigenvalue weighted by Gasteiger charge is -2.31. The highest BCUT2D eigenvalue weighted by molar-refractivity contribution is 5.78. The Labute approximate surface area is 106 Å². The second kappa shape index (κ2) is 7.00. The Morgan fingerprint density at radius 3 is 2.41 bits per heavy atom. The molecule has 1 N–H and O–H groups in total. The van der Waals surface area contributed by atoms with E-state index in [1.165, 1.54) is 25.9 Å². The van der Waals surface area contributed by atoms with Crippen molar-refractivity contribution in [3.63, 3.8) is 0 Å². The first kappa shape index (κ1) is 14.5. The van der Waals surface area contributed by atoms with Gasteiger partial charge in [-0.1, -0.05) is 20.8 Å². The minimum atomic E-state index is 0.0986. The quantitative estimate of drug-likeness (QED) is 0.799. The van der Waals surface area contributed by atoms with Gasteiger partial charge in [-0.25, -0.2) is 0 Å². The number of hydrogen-bond donors (Lipinski definition) is 1. The van der Waals surface area contributed by atoms with Crippen molar-refractivity contribution >= 4 is 5.91 Å². The van der Waals surface area contributed by atoms with Gasteiger partial charge >= 0.3 is 0 Å². The van der Waals surface area contributed by atoms with E-state index in [0.717, 1.165) is 18.8 Å². The Kier molecular flexibility index (Phi) is 5.96. The van der Waals surface area contributed by atoms with Gasteiger partial charge in [0, 0.05) is 12.0 Å². The second-order valence-corrected chi connectivity index (χ2v) is 5.75. The average Bonchev–Trinajstić information content (AvgIpc) is 2.30. The highest BCUT2D eigenvalue weighted by Crippen LogP contribution is 2.22. The van der Waals surface area contributed by atoms with Crippen LogP contribution in [0.2, 0.25) is 0 Å². The van der Waals surface area contributed by atoms with Crippen LogP contribution in [0.1, 0.15) is 46.5 Å². The van der Waals surface area contributed by atoms with Crippen LogP contribution in [-0.4, -0.2) is 37.0 Å². The van der Waals surface area contributed by atoms with Crippen LogP contribution in [0.25, 0.3) is 0 Å². The molecule has 0 aliphatic carbocycles. The number of nitrogens with one attached hydrogen (secondary N) is 1. The third-order valence-corrected chi connectivity index (χ3v) is 3.82. The smallest absolute Gasteiger partial charge is 0.222 e. The van der Waals surface area contributed by atoms with E-state index in [2.05, 4.69) is 24.2 Å². The van der Waals surface area contributed by atoms with Gasteiger partial charge in [-0.3, -0.25) is 4.79 Å². The molecule has 0 aromatic rings. The minimum absolute atomic E-state index is 0.0986. The number of carbonyl (C=O) groups is 1. The molecule has 1 aliphatic rings. The lowest BCUT2D eigenvalue weighted by atomic mass is 9.89. The summed E-state index contributed by atoms with van der Waals surface area (Å²) in [6, 6.07) is 0.373. The van der Waals surface area contributed by atoms with Crippen molar-refractivity contribution in [2.45, 2.75) is 52.5 Å². The van der Waals surface area contributed by atoms with Crippen LogP contribution < -0.4 is 5.32 Å². The standard InChI is InChI=1S/C14H28N2O/c1-5-13(15-14(17)11(2)3)10-12-6-8-16(4)9-7-12/h11-13H,5-10H2,1-4H3,(H,15,17)/t13-/m0/s1. The number of nitrogens with zero attached hydrogens (tertiary/aromatic N) is 1. The van der Waals surface area contributed by atoms with Crippen LogP contribution in [-0.2, 0) is 4.79 Å². The Hall–Kier alpha value is -0.570. The van der Waals surface area contributed by atoms with E-state index in [0.29, 0.717) is 6.04 Å². The number of rotatable bonds is 5. The summed E-state index contributed by atoms with van der Waals surface area (Å²) in [6.07, 6.45) is 4.77. The summed E-state index contributed by atoms with van der Waals surface area (Å²) in [5.74, 6) is 1.09. The minimum Gasteiger partial charge on any atom is -0.353 e. The van der Waals surface area contributed by atoms with Crippen molar-refractivity contribution in [2.24, 2.45) is 11.8 Å². The van der Waals surface area contributed by atoms with Crippen LogP contribution in [0.4, 0.5) is 0 Å². The van der Waals surface area contributed by atoms with Crippen molar-refractivity contribution in [2.75, 3.05) is 20.1 Å². The average molecular weight is 240 g/mol. The van der Waals surface area contributed by atoms with Gasteiger partial charge in [0.25, 0.3) is 0 Å². The van der Waals surface area contributed by atoms with Crippen LogP contribution >= 0.6 is 0 Å². The van der Waals surface area contributed by atoms with Gasteiger partial charge in [0.1, 0.15) is 0 Å². The Balaban J connectivity index is 2.33. The molecule has 1 atom stereocenters. The van der Waals surface area contributed by atoms with Gasteiger partial charge in [-0.05, 0) is 51.7 Å². The van der Waals surface area contributed by atoms with Gasteiger partial charge in [0.15, 0.2) is 0 Å². The van der Waals surface area contributed by atoms with E-state index in [1.54, 1.807) is 0 Å². The summed E-state index contributed by atoms with van der Waals surface area (Å²) >= 11 is 0. The zero-order valence-electron chi connectivity index (χ0n) is 11.8. The molecule has 1 saturated heterocycles. The first-order valence-electron chi connectivity index (χ1n) is 7.01. The molecule has 0 aromatic carbocycles. The summed E-state index contributed by atoms with van der Waals surface area (Å²) in [4.78, 5) is 14.1. The lowest BCUT2D eigenvalue weighted by molar-refractivity contribution is -0.124. The zero-order valence-corrected chi connectivity index (χ0v) is 11.8. The molecule has 0 radical (unpaired) electrons. The molecular formula is C14H28N2O. The molecule has 1 aliphatic heterocycles. The van der Waals surface area contributed by atoms with Crippen molar-refractivity contribution in [3.8, 4) is 0 Å². The number of carbonyl (C=O) groups excluding carboxylic acids is 1. The monoisotopic (exact) mass is 240 g/mol. The normalized spacial score (nSPS) is 20.5. The van der Waals surface area contributed by atoms with Crippen LogP contribution in [0.5, 0.6) is 0 Å². The van der Waals surface area contributed by atoms with E-state index in [4.69, 9.17) is 0 Å². The van der Waals surface area contributed by atoms with E-state index in [-0.39, 0.29) is 11.8 Å². The fraction of sp³-hybridized carbons (Fsp3) is 0.929. The molecule has 0 spiro atoms. The summed E-state index contributed by atoms with van der Waals surface area (Å²) in [5.41, 5.74) is 0. The molecule has 1 heterocycles. The van der Waals surface area contributed by atoms with Crippen molar-refractivity contribution in [1.29, 1.82) is 0 Å². The van der Waals surface area contributed by atoms with Crippen molar-refractivity contribution < 1.29 is 4.79 Å². The van der Waals surface area contributed by atoms with Gasteiger partial charge in [-0.15, -0.1) is 0 Å². The van der Waals surface area contributed by atoms with Crippen LogP contribution in [0.3, 0.4) is 0 Å². The lowest BCUT2D eigenvalue weighted by Crippen LogP contribution is -2.40. The molecule has 0 saturated carbocycles. The maximum absolute atomic E-state index is 11.7. The van der Waals surface area contributed by atoms with Gasteiger partial charge in [0.2, 0.25) is 5.91 Å². The number of piperidine rings is 1. The van der Waals surface area contributed by atoms with E-state index in [1.807, 2.05) is 13.8 Å². The second-order valence-electron chi connectivity index (χ2n) is 5.75. The van der Waals surface area contributed by atoms with Gasteiger partial charge in [-0.2, -0.15) is 0 Å². The summed E-state index contributed by atoms with van der Waals surface area (Å²) in [7, 11) is 2.19. The predicted molar refractivity (Wildman–Crippen MR) is 71.9 cm³/mol. The Morgan fingerprint density at radius 1 is 1.35 bits per heavy atom. The first-order chi connectivity index (χ1) is 8.02. The molecule has 0 unspecified atom stereocenters. The molecule has 1 rings (SSSR count). The Morgan fingerprint density at radius 2 is 1.94 bits per heavy atom. The third kappa shape index (κ3) is 5.07. The number of likely N-dealkylation sites (tertiary alicyclic amines) is 1. The van der Waals surface area contributed by atoms with Gasteiger partial charge < -0.3 is 10.2 Å². The molecule has 3 heteroatoms. The van der Waals surface area contributed by atoms with Crippen molar-refractivity contribution in [1.82, 2.24) is 10.2 Å². The number of hydrogen-bond acceptors (Lipinski definition) is 2. The van der Waals surface area contributed by atoms with E-state index >= 15 is 0 Å². The fourth-order valence-electron chi connectivity index (χ4n) is 2.40.